The molecule has 0 saturated heterocycles. The van der Waals surface area contributed by atoms with E-state index in [1.165, 1.54) is 29.0 Å². The predicted octanol–water partition coefficient (Wildman–Crippen LogP) is 7.07. The molecule has 1 unspecified atom stereocenters. The number of nitro groups is 1. The van der Waals surface area contributed by atoms with Gasteiger partial charge in [-0.3, -0.25) is 19.5 Å². The number of benzene rings is 4. The van der Waals surface area contributed by atoms with Crippen LogP contribution in [0.1, 0.15) is 40.3 Å². The Hall–Kier alpha value is -4.26. The monoisotopic (exact) mass is 761 g/mol. The van der Waals surface area contributed by atoms with Crippen LogP contribution in [0.4, 0.5) is 5.69 Å². The van der Waals surface area contributed by atoms with Gasteiger partial charge in [-0.15, -0.1) is 0 Å². The van der Waals surface area contributed by atoms with Gasteiger partial charge in [-0.1, -0.05) is 65.4 Å². The van der Waals surface area contributed by atoms with Gasteiger partial charge in [-0.05, 0) is 99.7 Å². The lowest BCUT2D eigenvalue weighted by Gasteiger charge is -2.31. The summed E-state index contributed by atoms with van der Waals surface area (Å²) < 4.78 is 14.9. The number of thiazole rings is 1. The molecule has 11 heteroatoms. The van der Waals surface area contributed by atoms with Crippen LogP contribution in [0.2, 0.25) is 5.02 Å². The van der Waals surface area contributed by atoms with Gasteiger partial charge in [-0.2, -0.15) is 0 Å². The highest BCUT2D eigenvalue weighted by atomic mass is 127. The number of nitrogens with zero attached hydrogens (tertiary/aromatic N) is 3. The maximum Gasteiger partial charge on any atom is 0.271 e. The molecule has 0 spiro atoms. The molecule has 1 atom stereocenters. The molecular weight excluding hydrogens is 737 g/mol. The number of aryl methyl sites for hydroxylation is 1. The van der Waals surface area contributed by atoms with Crippen molar-refractivity contribution in [2.45, 2.75) is 25.5 Å². The molecule has 46 heavy (non-hydrogen) atoms. The lowest BCUT2D eigenvalue weighted by atomic mass is 9.83. The molecule has 5 aromatic rings. The van der Waals surface area contributed by atoms with Gasteiger partial charge in [0.05, 0.1) is 31.9 Å². The van der Waals surface area contributed by atoms with E-state index in [2.05, 4.69) is 40.8 Å². The summed E-state index contributed by atoms with van der Waals surface area (Å²) >= 11 is 10.3. The number of ether oxygens (including phenoxy) is 2. The Labute approximate surface area is 286 Å². The van der Waals surface area contributed by atoms with E-state index in [1.54, 1.807) is 23.8 Å². The number of hydrogen-bond acceptors (Lipinski definition) is 7. The van der Waals surface area contributed by atoms with Crippen LogP contribution in [-0.2, 0) is 13.0 Å². The number of aromatic nitrogens is 1. The van der Waals surface area contributed by atoms with Crippen LogP contribution >= 0.6 is 45.5 Å². The maximum atomic E-state index is 14.2. The molecule has 4 aromatic carbocycles. The van der Waals surface area contributed by atoms with E-state index in [0.717, 1.165) is 49.9 Å². The first-order valence-corrected chi connectivity index (χ1v) is 16.7. The number of hydrogen-bond donors (Lipinski definition) is 0. The fourth-order valence-electron chi connectivity index (χ4n) is 5.98. The van der Waals surface area contributed by atoms with Gasteiger partial charge in [0.15, 0.2) is 16.3 Å². The molecule has 0 radical (unpaired) electrons. The topological polar surface area (TPSA) is 96.0 Å². The van der Waals surface area contributed by atoms with Crippen molar-refractivity contribution in [2.75, 3.05) is 7.11 Å². The van der Waals surface area contributed by atoms with Crippen LogP contribution in [0.3, 0.4) is 0 Å². The molecule has 8 nitrogen and oxygen atoms in total. The highest BCUT2D eigenvalue weighted by Gasteiger charge is 2.33. The number of nitro benzene ring substituents is 1. The van der Waals surface area contributed by atoms with E-state index in [9.17, 15) is 14.9 Å². The molecule has 0 bridgehead atoms. The van der Waals surface area contributed by atoms with Crippen LogP contribution in [0.5, 0.6) is 11.5 Å². The van der Waals surface area contributed by atoms with Crippen molar-refractivity contribution in [3.8, 4) is 11.5 Å². The fourth-order valence-corrected chi connectivity index (χ4v) is 8.00. The molecule has 1 aromatic heterocycles. The van der Waals surface area contributed by atoms with E-state index in [-0.39, 0.29) is 23.9 Å². The quantitative estimate of drug-likeness (QED) is 0.101. The van der Waals surface area contributed by atoms with Crippen LogP contribution in [-0.4, -0.2) is 16.6 Å². The smallest absolute Gasteiger partial charge is 0.271 e. The molecule has 0 saturated carbocycles. The van der Waals surface area contributed by atoms with Gasteiger partial charge in [-0.25, -0.2) is 4.99 Å². The molecule has 0 amide bonds. The zero-order valence-electron chi connectivity index (χ0n) is 24.4. The summed E-state index contributed by atoms with van der Waals surface area (Å²) in [6.45, 7) is 0.206. The summed E-state index contributed by atoms with van der Waals surface area (Å²) in [6, 6.07) is 25.7. The van der Waals surface area contributed by atoms with Crippen LogP contribution in [0.25, 0.3) is 11.8 Å². The predicted molar refractivity (Wildman–Crippen MR) is 187 cm³/mol. The molecule has 2 aliphatic rings. The number of rotatable bonds is 7. The Bertz CT molecular complexity index is 2240. The number of non-ortho nitro benzene ring substituents is 1. The first-order chi connectivity index (χ1) is 22.3. The van der Waals surface area contributed by atoms with Crippen molar-refractivity contribution in [3.05, 3.63) is 157 Å². The van der Waals surface area contributed by atoms with Crippen LogP contribution < -0.4 is 24.4 Å². The molecule has 0 fully saturated rings. The van der Waals surface area contributed by atoms with Gasteiger partial charge in [0, 0.05) is 22.7 Å². The van der Waals surface area contributed by atoms with Gasteiger partial charge in [0.1, 0.15) is 6.61 Å². The third kappa shape index (κ3) is 5.54. The van der Waals surface area contributed by atoms with E-state index >= 15 is 0 Å². The largest absolute Gasteiger partial charge is 0.493 e. The second kappa shape index (κ2) is 12.5. The second-order valence-electron chi connectivity index (χ2n) is 10.9. The molecule has 1 aliphatic heterocycles. The van der Waals surface area contributed by atoms with Crippen molar-refractivity contribution in [3.63, 3.8) is 0 Å². The van der Waals surface area contributed by atoms with E-state index < -0.39 is 4.92 Å². The summed E-state index contributed by atoms with van der Waals surface area (Å²) in [5.41, 5.74) is 6.69. The lowest BCUT2D eigenvalue weighted by molar-refractivity contribution is -0.384. The minimum Gasteiger partial charge on any atom is -0.493 e. The van der Waals surface area contributed by atoms with Crippen LogP contribution in [0, 0.1) is 13.7 Å². The van der Waals surface area contributed by atoms with E-state index in [4.69, 9.17) is 26.1 Å². The average molecular weight is 762 g/mol. The number of fused-ring (bicyclic) bond motifs is 3. The standard InChI is InChI=1S/C35H25ClIN3O5S/c1-44-29-17-21(16-28(37)33(29)45-19-20-10-13-23(14-11-20)40(42)43)18-30-34(41)39-32(25-8-4-5-9-27(25)36)26-15-12-22-6-2-3-7-24(22)31(26)38-35(39)46-30/h2-11,13-14,16-18,32H,12,15,19H2,1H3/b30-18+. The Morgan fingerprint density at radius 1 is 1.09 bits per heavy atom. The summed E-state index contributed by atoms with van der Waals surface area (Å²) in [5, 5.41) is 11.6. The molecule has 0 N–H and O–H groups in total. The fraction of sp³-hybridized carbons (Fsp3) is 0.143. The highest BCUT2D eigenvalue weighted by molar-refractivity contribution is 14.1. The normalized spacial score (nSPS) is 15.5. The van der Waals surface area contributed by atoms with E-state index in [0.29, 0.717) is 25.9 Å². The van der Waals surface area contributed by atoms with Gasteiger partial charge < -0.3 is 9.47 Å². The third-order valence-corrected chi connectivity index (χ3v) is 10.3. The Kier molecular flexibility index (Phi) is 8.26. The number of methoxy groups -OCH3 is 1. The second-order valence-corrected chi connectivity index (χ2v) is 13.5. The van der Waals surface area contributed by atoms with Crippen molar-refractivity contribution in [1.82, 2.24) is 4.57 Å². The number of allylic oxidation sites excluding steroid dienone is 1. The van der Waals surface area contributed by atoms with Gasteiger partial charge in [0.25, 0.3) is 11.2 Å². The summed E-state index contributed by atoms with van der Waals surface area (Å²) in [4.78, 5) is 30.4. The van der Waals surface area contributed by atoms with Crippen molar-refractivity contribution in [1.29, 1.82) is 0 Å². The van der Waals surface area contributed by atoms with Crippen molar-refractivity contribution in [2.24, 2.45) is 4.99 Å². The molecule has 2 heterocycles. The van der Waals surface area contributed by atoms with Gasteiger partial charge >= 0.3 is 0 Å². The lowest BCUT2D eigenvalue weighted by Crippen LogP contribution is -2.38. The summed E-state index contributed by atoms with van der Waals surface area (Å²) in [6.07, 6.45) is 3.51. The first kappa shape index (κ1) is 30.4. The van der Waals surface area contributed by atoms with Crippen molar-refractivity contribution >= 4 is 63.0 Å². The number of halogens is 2. The summed E-state index contributed by atoms with van der Waals surface area (Å²) in [7, 11) is 1.56. The Balaban J connectivity index is 1.29. The molecule has 7 rings (SSSR count). The Morgan fingerprint density at radius 3 is 2.61 bits per heavy atom. The Morgan fingerprint density at radius 2 is 1.85 bits per heavy atom. The zero-order chi connectivity index (χ0) is 31.9. The van der Waals surface area contributed by atoms with Crippen molar-refractivity contribution < 1.29 is 14.4 Å². The minimum absolute atomic E-state index is 0.0220. The summed E-state index contributed by atoms with van der Waals surface area (Å²) in [5.74, 6) is 1.05. The minimum atomic E-state index is -0.434. The zero-order valence-corrected chi connectivity index (χ0v) is 28.1. The van der Waals surface area contributed by atoms with E-state index in [1.807, 2.05) is 48.5 Å². The molecular formula is C35H25ClIN3O5S. The maximum absolute atomic E-state index is 14.2. The SMILES string of the molecule is COc1cc(/C=c2/sc3n(c2=O)C(c2ccccc2Cl)C2=C(N=3)c3ccccc3CC2)cc(I)c1OCc1ccc([N+](=O)[O-])cc1. The van der Waals surface area contributed by atoms with Crippen LogP contribution in [0.15, 0.2) is 100 Å². The molecule has 1 aliphatic carbocycles. The first-order valence-electron chi connectivity index (χ1n) is 14.4. The van der Waals surface area contributed by atoms with Gasteiger partial charge in [0.2, 0.25) is 0 Å². The third-order valence-electron chi connectivity index (χ3n) is 8.15. The highest BCUT2D eigenvalue weighted by Crippen LogP contribution is 2.42. The average Bonchev–Trinajstić information content (AvgIpc) is 3.37. The molecule has 230 valence electrons.